The predicted octanol–water partition coefficient (Wildman–Crippen LogP) is 3.47. The van der Waals surface area contributed by atoms with Crippen molar-refractivity contribution in [3.63, 3.8) is 0 Å². The van der Waals surface area contributed by atoms with E-state index in [0.29, 0.717) is 18.2 Å². The van der Waals surface area contributed by atoms with Crippen LogP contribution in [-0.4, -0.2) is 19.3 Å². The zero-order chi connectivity index (χ0) is 13.0. The second-order valence-corrected chi connectivity index (χ2v) is 5.32. The fourth-order valence-electron chi connectivity index (χ4n) is 2.88. The minimum Gasteiger partial charge on any atom is -0.373 e. The summed E-state index contributed by atoms with van der Waals surface area (Å²) in [5, 5.41) is 3.43. The zero-order valence-electron chi connectivity index (χ0n) is 11.8. The molecule has 0 aliphatic carbocycles. The molecule has 2 nitrogen and oxygen atoms in total. The Labute approximate surface area is 111 Å². The number of benzene rings is 1. The number of likely N-dealkylation sites (N-methyl/N-ethyl adjacent to an activating group) is 1. The minimum atomic E-state index is 0.321. The van der Waals surface area contributed by atoms with E-state index in [1.165, 1.54) is 24.0 Å². The van der Waals surface area contributed by atoms with Crippen LogP contribution in [0.2, 0.25) is 0 Å². The molecule has 2 heteroatoms. The van der Waals surface area contributed by atoms with Crippen LogP contribution in [0.3, 0.4) is 0 Å². The first kappa shape index (κ1) is 13.6. The molecule has 1 aliphatic rings. The molecule has 0 aromatic heterocycles. The smallest absolute Gasteiger partial charge is 0.0774 e. The van der Waals surface area contributed by atoms with E-state index in [-0.39, 0.29) is 0 Å². The highest BCUT2D eigenvalue weighted by Crippen LogP contribution is 2.30. The van der Waals surface area contributed by atoms with Crippen molar-refractivity contribution in [2.24, 2.45) is 0 Å². The molecule has 3 unspecified atom stereocenters. The van der Waals surface area contributed by atoms with Gasteiger partial charge in [0.05, 0.1) is 18.2 Å². The van der Waals surface area contributed by atoms with Crippen LogP contribution in [0.4, 0.5) is 0 Å². The maximum absolute atomic E-state index is 6.01. The normalized spacial score (nSPS) is 25.3. The van der Waals surface area contributed by atoms with Gasteiger partial charge in [-0.3, -0.25) is 0 Å². The molecule has 2 rings (SSSR count). The van der Waals surface area contributed by atoms with E-state index in [1.807, 2.05) is 7.05 Å². The number of nitrogens with one attached hydrogen (secondary N) is 1. The zero-order valence-corrected chi connectivity index (χ0v) is 11.8. The summed E-state index contributed by atoms with van der Waals surface area (Å²) in [6, 6.07) is 9.26. The van der Waals surface area contributed by atoms with Gasteiger partial charge in [-0.05, 0) is 44.4 Å². The molecular weight excluding hydrogens is 222 g/mol. The second kappa shape index (κ2) is 6.35. The molecule has 1 aliphatic heterocycles. The van der Waals surface area contributed by atoms with Crippen molar-refractivity contribution in [2.45, 2.75) is 57.8 Å². The molecule has 0 spiro atoms. The first-order chi connectivity index (χ1) is 8.74. The van der Waals surface area contributed by atoms with Crippen molar-refractivity contribution < 1.29 is 4.74 Å². The van der Waals surface area contributed by atoms with Crippen molar-refractivity contribution >= 4 is 0 Å². The molecule has 1 aromatic rings. The van der Waals surface area contributed by atoms with E-state index in [2.05, 4.69) is 43.4 Å². The molecule has 3 atom stereocenters. The van der Waals surface area contributed by atoms with Gasteiger partial charge in [-0.25, -0.2) is 0 Å². The summed E-state index contributed by atoms with van der Waals surface area (Å²) in [6.45, 7) is 4.39. The number of hydrogen-bond acceptors (Lipinski definition) is 2. The summed E-state index contributed by atoms with van der Waals surface area (Å²) < 4.78 is 6.01. The Morgan fingerprint density at radius 2 is 2.22 bits per heavy atom. The van der Waals surface area contributed by atoms with Gasteiger partial charge >= 0.3 is 0 Å². The SMILES string of the molecule is CCCc1cccc(C(NC)C2CCC(C)O2)c1. The second-order valence-electron chi connectivity index (χ2n) is 5.32. The molecule has 0 saturated carbocycles. The van der Waals surface area contributed by atoms with Crippen molar-refractivity contribution in [1.82, 2.24) is 5.32 Å². The van der Waals surface area contributed by atoms with Crippen LogP contribution in [0.25, 0.3) is 0 Å². The van der Waals surface area contributed by atoms with Crippen LogP contribution in [0.5, 0.6) is 0 Å². The van der Waals surface area contributed by atoms with E-state index < -0.39 is 0 Å². The van der Waals surface area contributed by atoms with E-state index in [1.54, 1.807) is 0 Å². The number of aryl methyl sites for hydroxylation is 1. The van der Waals surface area contributed by atoms with Gasteiger partial charge in [0.2, 0.25) is 0 Å². The van der Waals surface area contributed by atoms with Gasteiger partial charge in [0.25, 0.3) is 0 Å². The maximum atomic E-state index is 6.01. The van der Waals surface area contributed by atoms with E-state index in [4.69, 9.17) is 4.74 Å². The lowest BCUT2D eigenvalue weighted by molar-refractivity contribution is 0.0333. The van der Waals surface area contributed by atoms with Gasteiger partial charge in [-0.15, -0.1) is 0 Å². The first-order valence-electron chi connectivity index (χ1n) is 7.16. The van der Waals surface area contributed by atoms with Crippen LogP contribution in [0, 0.1) is 0 Å². The number of hydrogen-bond donors (Lipinski definition) is 1. The standard InChI is InChI=1S/C16H25NO/c1-4-6-13-7-5-8-14(11-13)16(17-3)15-10-9-12(2)18-15/h5,7-8,11-12,15-17H,4,6,9-10H2,1-3H3. The van der Waals surface area contributed by atoms with Gasteiger partial charge in [0, 0.05) is 0 Å². The molecule has 1 aromatic carbocycles. The fraction of sp³-hybridized carbons (Fsp3) is 0.625. The van der Waals surface area contributed by atoms with Gasteiger partial charge < -0.3 is 10.1 Å². The molecule has 100 valence electrons. The molecule has 18 heavy (non-hydrogen) atoms. The van der Waals surface area contributed by atoms with E-state index >= 15 is 0 Å². The molecule has 1 N–H and O–H groups in total. The topological polar surface area (TPSA) is 21.3 Å². The molecule has 0 amide bonds. The highest BCUT2D eigenvalue weighted by molar-refractivity contribution is 5.27. The number of ether oxygens (including phenoxy) is 1. The lowest BCUT2D eigenvalue weighted by atomic mass is 9.96. The van der Waals surface area contributed by atoms with Crippen LogP contribution in [0.1, 0.15) is 50.3 Å². The average molecular weight is 247 g/mol. The summed E-state index contributed by atoms with van der Waals surface area (Å²) in [4.78, 5) is 0. The van der Waals surface area contributed by atoms with Gasteiger partial charge in [-0.1, -0.05) is 37.6 Å². The van der Waals surface area contributed by atoms with E-state index in [0.717, 1.165) is 12.8 Å². The van der Waals surface area contributed by atoms with Crippen molar-refractivity contribution in [2.75, 3.05) is 7.05 Å². The predicted molar refractivity (Wildman–Crippen MR) is 75.8 cm³/mol. The minimum absolute atomic E-state index is 0.321. The third-order valence-corrected chi connectivity index (χ3v) is 3.80. The maximum Gasteiger partial charge on any atom is 0.0774 e. The van der Waals surface area contributed by atoms with Crippen LogP contribution in [-0.2, 0) is 11.2 Å². The number of rotatable bonds is 5. The fourth-order valence-corrected chi connectivity index (χ4v) is 2.88. The summed E-state index contributed by atoms with van der Waals surface area (Å²) >= 11 is 0. The van der Waals surface area contributed by atoms with Crippen molar-refractivity contribution in [3.8, 4) is 0 Å². The summed E-state index contributed by atoms with van der Waals surface area (Å²) in [7, 11) is 2.03. The van der Waals surface area contributed by atoms with Gasteiger partial charge in [0.15, 0.2) is 0 Å². The highest BCUT2D eigenvalue weighted by Gasteiger charge is 2.29. The Morgan fingerprint density at radius 1 is 1.39 bits per heavy atom. The lowest BCUT2D eigenvalue weighted by Crippen LogP contribution is -2.29. The van der Waals surface area contributed by atoms with E-state index in [9.17, 15) is 0 Å². The van der Waals surface area contributed by atoms with Crippen molar-refractivity contribution in [3.05, 3.63) is 35.4 Å². The molecule has 0 radical (unpaired) electrons. The van der Waals surface area contributed by atoms with Crippen LogP contribution >= 0.6 is 0 Å². The largest absolute Gasteiger partial charge is 0.373 e. The monoisotopic (exact) mass is 247 g/mol. The van der Waals surface area contributed by atoms with Crippen LogP contribution in [0.15, 0.2) is 24.3 Å². The Bertz CT molecular complexity index is 377. The molecule has 0 bridgehead atoms. The Hall–Kier alpha value is -0.860. The molecular formula is C16H25NO. The Balaban J connectivity index is 2.13. The summed E-state index contributed by atoms with van der Waals surface area (Å²) in [5.74, 6) is 0. The lowest BCUT2D eigenvalue weighted by Gasteiger charge is -2.24. The summed E-state index contributed by atoms with van der Waals surface area (Å²) in [6.07, 6.45) is 5.42. The Morgan fingerprint density at radius 3 is 2.83 bits per heavy atom. The van der Waals surface area contributed by atoms with Crippen LogP contribution < -0.4 is 5.32 Å². The Kier molecular flexibility index (Phi) is 4.79. The quantitative estimate of drug-likeness (QED) is 0.860. The third-order valence-electron chi connectivity index (χ3n) is 3.80. The average Bonchev–Trinajstić information content (AvgIpc) is 2.78. The molecule has 1 saturated heterocycles. The molecule has 1 heterocycles. The first-order valence-corrected chi connectivity index (χ1v) is 7.16. The molecule has 1 fully saturated rings. The summed E-state index contributed by atoms with van der Waals surface area (Å²) in [5.41, 5.74) is 2.80. The van der Waals surface area contributed by atoms with Gasteiger partial charge in [-0.2, -0.15) is 0 Å². The van der Waals surface area contributed by atoms with Gasteiger partial charge in [0.1, 0.15) is 0 Å². The third kappa shape index (κ3) is 3.12. The van der Waals surface area contributed by atoms with Crippen molar-refractivity contribution in [1.29, 1.82) is 0 Å². The highest BCUT2D eigenvalue weighted by atomic mass is 16.5.